The summed E-state index contributed by atoms with van der Waals surface area (Å²) in [5.74, 6) is 0.992. The molecular formula is C28H25N3O4S. The van der Waals surface area contributed by atoms with Crippen LogP contribution >= 0.6 is 11.8 Å². The summed E-state index contributed by atoms with van der Waals surface area (Å²) in [7, 11) is 0. The normalized spacial score (nSPS) is 15.4. The Morgan fingerprint density at radius 2 is 1.81 bits per heavy atom. The van der Waals surface area contributed by atoms with Crippen molar-refractivity contribution in [1.82, 2.24) is 0 Å². The van der Waals surface area contributed by atoms with E-state index in [2.05, 4.69) is 17.2 Å². The first-order valence-corrected chi connectivity index (χ1v) is 12.6. The number of hydrogen-bond acceptors (Lipinski definition) is 6. The van der Waals surface area contributed by atoms with E-state index in [1.807, 2.05) is 73.7 Å². The van der Waals surface area contributed by atoms with Crippen molar-refractivity contribution in [3.05, 3.63) is 89.1 Å². The number of rotatable bonds is 6. The zero-order chi connectivity index (χ0) is 25.1. The standard InChI is InChI=1S/C28H25N3O4S/c1-3-19-6-9-21(10-7-19)29-26(32)16-36-28-30-23(14-20-8-13-24-25(15-20)35-17-34-24)27(33)31(28)22-11-4-18(2)5-12-22/h4-15H,3,16-17H2,1-2H3,(H,29,32)/b23-14-. The van der Waals surface area contributed by atoms with Crippen molar-refractivity contribution >= 4 is 46.2 Å². The van der Waals surface area contributed by atoms with Crippen LogP contribution in [0.3, 0.4) is 0 Å². The van der Waals surface area contributed by atoms with Gasteiger partial charge in [0, 0.05) is 5.69 Å². The molecule has 0 spiro atoms. The van der Waals surface area contributed by atoms with E-state index in [0.717, 1.165) is 23.2 Å². The molecule has 2 aliphatic heterocycles. The van der Waals surface area contributed by atoms with E-state index >= 15 is 0 Å². The zero-order valence-corrected chi connectivity index (χ0v) is 20.8. The molecule has 0 aliphatic carbocycles. The molecule has 0 aromatic heterocycles. The highest BCUT2D eigenvalue weighted by molar-refractivity contribution is 8.14. The molecule has 2 amide bonds. The van der Waals surface area contributed by atoms with Crippen LogP contribution < -0.4 is 19.7 Å². The van der Waals surface area contributed by atoms with Gasteiger partial charge in [0.2, 0.25) is 12.7 Å². The minimum Gasteiger partial charge on any atom is -0.454 e. The SMILES string of the molecule is CCc1ccc(NC(=O)CSC2=N/C(=C\c3ccc4c(c3)OCO4)C(=O)N2c2ccc(C)cc2)cc1. The van der Waals surface area contributed by atoms with Gasteiger partial charge in [0.25, 0.3) is 5.91 Å². The number of benzene rings is 3. The molecule has 7 nitrogen and oxygen atoms in total. The van der Waals surface area contributed by atoms with Crippen LogP contribution in [0.25, 0.3) is 6.08 Å². The minimum absolute atomic E-state index is 0.112. The molecule has 0 fully saturated rings. The summed E-state index contributed by atoms with van der Waals surface area (Å²) in [6.45, 7) is 4.25. The van der Waals surface area contributed by atoms with E-state index in [1.54, 1.807) is 11.0 Å². The second-order valence-electron chi connectivity index (χ2n) is 8.40. The number of amides is 2. The van der Waals surface area contributed by atoms with Gasteiger partial charge in [-0.2, -0.15) is 0 Å². The van der Waals surface area contributed by atoms with Gasteiger partial charge in [-0.15, -0.1) is 0 Å². The number of carbonyl (C=O) groups is 2. The number of aliphatic imine (C=N–C) groups is 1. The first kappa shape index (κ1) is 23.7. The molecule has 1 N–H and O–H groups in total. The Balaban J connectivity index is 1.36. The Morgan fingerprint density at radius 1 is 1.06 bits per heavy atom. The Kier molecular flexibility index (Phi) is 6.77. The number of fused-ring (bicyclic) bond motifs is 1. The molecule has 0 saturated carbocycles. The van der Waals surface area contributed by atoms with Crippen molar-refractivity contribution in [1.29, 1.82) is 0 Å². The van der Waals surface area contributed by atoms with E-state index in [-0.39, 0.29) is 30.1 Å². The lowest BCUT2D eigenvalue weighted by molar-refractivity contribution is -0.114. The molecule has 36 heavy (non-hydrogen) atoms. The summed E-state index contributed by atoms with van der Waals surface area (Å²) < 4.78 is 10.8. The van der Waals surface area contributed by atoms with Crippen molar-refractivity contribution < 1.29 is 19.1 Å². The molecular weight excluding hydrogens is 474 g/mol. The maximum atomic E-state index is 13.4. The van der Waals surface area contributed by atoms with Crippen molar-refractivity contribution in [3.8, 4) is 11.5 Å². The number of aryl methyl sites for hydroxylation is 2. The molecule has 0 radical (unpaired) electrons. The number of hydrogen-bond donors (Lipinski definition) is 1. The average Bonchev–Trinajstić information content (AvgIpc) is 3.48. The lowest BCUT2D eigenvalue weighted by atomic mass is 10.1. The third-order valence-electron chi connectivity index (χ3n) is 5.80. The molecule has 0 saturated heterocycles. The molecule has 3 aromatic carbocycles. The van der Waals surface area contributed by atoms with Crippen LogP contribution in [0.4, 0.5) is 11.4 Å². The van der Waals surface area contributed by atoms with E-state index in [4.69, 9.17) is 9.47 Å². The van der Waals surface area contributed by atoms with Crippen molar-refractivity contribution in [2.24, 2.45) is 4.99 Å². The van der Waals surface area contributed by atoms with E-state index < -0.39 is 0 Å². The average molecular weight is 500 g/mol. The molecule has 2 heterocycles. The molecule has 8 heteroatoms. The van der Waals surface area contributed by atoms with Gasteiger partial charge in [0.05, 0.1) is 11.4 Å². The zero-order valence-electron chi connectivity index (χ0n) is 20.0. The number of nitrogens with zero attached hydrogens (tertiary/aromatic N) is 2. The van der Waals surface area contributed by atoms with Crippen molar-refractivity contribution in [2.45, 2.75) is 20.3 Å². The maximum Gasteiger partial charge on any atom is 0.283 e. The van der Waals surface area contributed by atoms with Crippen LogP contribution in [0.5, 0.6) is 11.5 Å². The second-order valence-corrected chi connectivity index (χ2v) is 9.34. The minimum atomic E-state index is -0.255. The maximum absolute atomic E-state index is 13.4. The third-order valence-corrected chi connectivity index (χ3v) is 6.74. The Morgan fingerprint density at radius 3 is 2.56 bits per heavy atom. The Bertz CT molecular complexity index is 1360. The van der Waals surface area contributed by atoms with E-state index in [1.165, 1.54) is 17.3 Å². The van der Waals surface area contributed by atoms with Gasteiger partial charge < -0.3 is 14.8 Å². The van der Waals surface area contributed by atoms with Gasteiger partial charge >= 0.3 is 0 Å². The summed E-state index contributed by atoms with van der Waals surface area (Å²) >= 11 is 1.22. The first-order valence-electron chi connectivity index (χ1n) is 11.6. The number of ether oxygens (including phenoxy) is 2. The van der Waals surface area contributed by atoms with Crippen LogP contribution in [0.15, 0.2) is 77.4 Å². The van der Waals surface area contributed by atoms with Gasteiger partial charge in [0.15, 0.2) is 16.7 Å². The monoisotopic (exact) mass is 499 g/mol. The van der Waals surface area contributed by atoms with E-state index in [9.17, 15) is 9.59 Å². The number of nitrogens with one attached hydrogen (secondary N) is 1. The molecule has 0 unspecified atom stereocenters. The molecule has 0 bridgehead atoms. The van der Waals surface area contributed by atoms with Gasteiger partial charge in [-0.25, -0.2) is 4.99 Å². The lowest BCUT2D eigenvalue weighted by Gasteiger charge is -2.18. The topological polar surface area (TPSA) is 80.2 Å². The summed E-state index contributed by atoms with van der Waals surface area (Å²) in [5.41, 5.74) is 4.78. The van der Waals surface area contributed by atoms with Crippen LogP contribution in [0, 0.1) is 6.92 Å². The smallest absolute Gasteiger partial charge is 0.283 e. The van der Waals surface area contributed by atoms with Gasteiger partial charge in [-0.05, 0) is 66.9 Å². The quantitative estimate of drug-likeness (QED) is 0.459. The molecule has 3 aromatic rings. The summed E-state index contributed by atoms with van der Waals surface area (Å²) in [6.07, 6.45) is 2.66. The fourth-order valence-corrected chi connectivity index (χ4v) is 4.64. The lowest BCUT2D eigenvalue weighted by Crippen LogP contribution is -2.31. The van der Waals surface area contributed by atoms with Gasteiger partial charge in [0.1, 0.15) is 5.70 Å². The Hall–Kier alpha value is -4.04. The number of amidine groups is 1. The highest BCUT2D eigenvalue weighted by Crippen LogP contribution is 2.34. The fraction of sp³-hybridized carbons (Fsp3) is 0.179. The fourth-order valence-electron chi connectivity index (χ4n) is 3.83. The second kappa shape index (κ2) is 10.3. The highest BCUT2D eigenvalue weighted by Gasteiger charge is 2.32. The first-order chi connectivity index (χ1) is 17.5. The molecule has 5 rings (SSSR count). The van der Waals surface area contributed by atoms with Crippen LogP contribution in [0.1, 0.15) is 23.6 Å². The largest absolute Gasteiger partial charge is 0.454 e. The number of anilines is 2. The number of thioether (sulfide) groups is 1. The molecule has 2 aliphatic rings. The number of carbonyl (C=O) groups excluding carboxylic acids is 2. The van der Waals surface area contributed by atoms with Crippen LogP contribution in [-0.4, -0.2) is 29.5 Å². The summed E-state index contributed by atoms with van der Waals surface area (Å²) in [5, 5.41) is 3.36. The van der Waals surface area contributed by atoms with Crippen LogP contribution in [-0.2, 0) is 16.0 Å². The molecule has 182 valence electrons. The highest BCUT2D eigenvalue weighted by atomic mass is 32.2. The predicted octanol–water partition coefficient (Wildman–Crippen LogP) is 5.40. The van der Waals surface area contributed by atoms with Gasteiger partial charge in [-0.1, -0.05) is 54.6 Å². The predicted molar refractivity (Wildman–Crippen MR) is 144 cm³/mol. The molecule has 0 atom stereocenters. The van der Waals surface area contributed by atoms with Crippen LogP contribution in [0.2, 0.25) is 0 Å². The summed E-state index contributed by atoms with van der Waals surface area (Å²) in [4.78, 5) is 32.2. The van der Waals surface area contributed by atoms with Crippen molar-refractivity contribution in [2.75, 3.05) is 22.8 Å². The Labute approximate surface area is 213 Å². The van der Waals surface area contributed by atoms with E-state index in [0.29, 0.717) is 22.4 Å². The van der Waals surface area contributed by atoms with Crippen molar-refractivity contribution in [3.63, 3.8) is 0 Å². The third kappa shape index (κ3) is 5.13. The van der Waals surface area contributed by atoms with Gasteiger partial charge in [-0.3, -0.25) is 14.5 Å². The summed E-state index contributed by atoms with van der Waals surface area (Å²) in [6, 6.07) is 20.9.